The Morgan fingerprint density at radius 3 is 2.75 bits per heavy atom. The molecule has 0 bridgehead atoms. The van der Waals surface area contributed by atoms with Crippen LogP contribution in [0.1, 0.15) is 34.6 Å². The van der Waals surface area contributed by atoms with Crippen molar-refractivity contribution in [1.82, 2.24) is 14.7 Å². The number of nitrogens with one attached hydrogen (secondary N) is 2. The lowest BCUT2D eigenvalue weighted by Gasteiger charge is -2.09. The van der Waals surface area contributed by atoms with Crippen molar-refractivity contribution in [1.29, 1.82) is 0 Å². The van der Waals surface area contributed by atoms with Gasteiger partial charge in [-0.3, -0.25) is 14.0 Å². The minimum atomic E-state index is -0.214. The van der Waals surface area contributed by atoms with Gasteiger partial charge in [-0.1, -0.05) is 29.3 Å². The Kier molecular flexibility index (Phi) is 6.21. The number of carbonyl (C=O) groups excluding carboxylic acids is 2. The molecule has 6 nitrogen and oxygen atoms in total. The van der Waals surface area contributed by atoms with E-state index in [-0.39, 0.29) is 18.2 Å². The van der Waals surface area contributed by atoms with Crippen molar-refractivity contribution in [2.45, 2.75) is 26.7 Å². The lowest BCUT2D eigenvalue weighted by atomic mass is 10.2. The maximum absolute atomic E-state index is 12.6. The van der Waals surface area contributed by atoms with Crippen molar-refractivity contribution in [2.75, 3.05) is 11.9 Å². The molecule has 0 unspecified atom stereocenters. The van der Waals surface area contributed by atoms with Gasteiger partial charge in [-0.15, -0.1) is 0 Å². The molecule has 0 radical (unpaired) electrons. The van der Waals surface area contributed by atoms with Crippen LogP contribution in [0, 0.1) is 13.8 Å². The molecule has 0 aliphatic carbocycles. The normalized spacial score (nSPS) is 10.9. The molecule has 3 rings (SSSR count). The fourth-order valence-corrected chi connectivity index (χ4v) is 3.27. The molecule has 8 heteroatoms. The third kappa shape index (κ3) is 4.46. The highest BCUT2D eigenvalue weighted by Gasteiger charge is 2.17. The van der Waals surface area contributed by atoms with Crippen LogP contribution < -0.4 is 10.6 Å². The predicted octanol–water partition coefficient (Wildman–Crippen LogP) is 4.41. The highest BCUT2D eigenvalue weighted by Crippen LogP contribution is 2.25. The smallest absolute Gasteiger partial charge is 0.270 e. The molecular weight excluding hydrogens is 399 g/mol. The number of fused-ring (bicyclic) bond motifs is 1. The van der Waals surface area contributed by atoms with Crippen LogP contribution in [0.4, 0.5) is 5.69 Å². The van der Waals surface area contributed by atoms with Crippen LogP contribution in [0.3, 0.4) is 0 Å². The molecule has 0 aliphatic heterocycles. The van der Waals surface area contributed by atoms with Crippen LogP contribution in [0.25, 0.3) is 5.65 Å². The number of amides is 2. The minimum absolute atomic E-state index is 0.194. The highest BCUT2D eigenvalue weighted by atomic mass is 35.5. The molecule has 0 atom stereocenters. The van der Waals surface area contributed by atoms with E-state index >= 15 is 0 Å². The number of carbonyl (C=O) groups is 2. The Labute approximate surface area is 172 Å². The van der Waals surface area contributed by atoms with Gasteiger partial charge in [0.25, 0.3) is 5.91 Å². The second-order valence-electron chi connectivity index (χ2n) is 6.46. The first-order valence-corrected chi connectivity index (χ1v) is 9.60. The summed E-state index contributed by atoms with van der Waals surface area (Å²) in [6.07, 6.45) is 2.55. The predicted molar refractivity (Wildman–Crippen MR) is 111 cm³/mol. The standard InChI is InChI=1S/C20H20Cl2N4O2/c1-12-5-4-10-26-18(13(2)24-19(12)26)20(28)23-9-3-6-17(27)25-16-11-14(21)7-8-15(16)22/h4-5,7-8,10-11H,3,6,9H2,1-2H3,(H,23,28)(H,25,27). The Bertz CT molecular complexity index is 1050. The summed E-state index contributed by atoms with van der Waals surface area (Å²) >= 11 is 11.9. The molecule has 2 amide bonds. The summed E-state index contributed by atoms with van der Waals surface area (Å²) in [6.45, 7) is 4.13. The Hall–Kier alpha value is -2.57. The van der Waals surface area contributed by atoms with Gasteiger partial charge in [0.1, 0.15) is 11.3 Å². The molecule has 3 aromatic rings. The van der Waals surface area contributed by atoms with E-state index in [1.807, 2.05) is 32.2 Å². The summed E-state index contributed by atoms with van der Waals surface area (Å²) in [7, 11) is 0. The van der Waals surface area contributed by atoms with E-state index in [1.165, 1.54) is 0 Å². The number of hydrogen-bond acceptors (Lipinski definition) is 3. The van der Waals surface area contributed by atoms with Crippen LogP contribution in [0.15, 0.2) is 36.5 Å². The molecule has 146 valence electrons. The van der Waals surface area contributed by atoms with E-state index < -0.39 is 0 Å². The van der Waals surface area contributed by atoms with Gasteiger partial charge in [0.2, 0.25) is 5.91 Å². The Balaban J connectivity index is 1.54. The van der Waals surface area contributed by atoms with Crippen LogP contribution in [-0.2, 0) is 4.79 Å². The molecule has 2 heterocycles. The summed E-state index contributed by atoms with van der Waals surface area (Å²) in [5.74, 6) is -0.408. The van der Waals surface area contributed by atoms with Crippen molar-refractivity contribution in [3.8, 4) is 0 Å². The van der Waals surface area contributed by atoms with Crippen LogP contribution >= 0.6 is 23.2 Å². The van der Waals surface area contributed by atoms with E-state index in [2.05, 4.69) is 15.6 Å². The van der Waals surface area contributed by atoms with Crippen LogP contribution in [0.2, 0.25) is 10.0 Å². The first-order valence-electron chi connectivity index (χ1n) is 8.84. The molecule has 2 N–H and O–H groups in total. The average Bonchev–Trinajstić information content (AvgIpc) is 2.99. The number of hydrogen-bond donors (Lipinski definition) is 2. The number of aromatic nitrogens is 2. The molecule has 0 fully saturated rings. The molecule has 28 heavy (non-hydrogen) atoms. The quantitative estimate of drug-likeness (QED) is 0.582. The largest absolute Gasteiger partial charge is 0.351 e. The van der Waals surface area contributed by atoms with Crippen LogP contribution in [0.5, 0.6) is 0 Å². The Morgan fingerprint density at radius 2 is 1.96 bits per heavy atom. The molecule has 0 spiro atoms. The number of halogens is 2. The lowest BCUT2D eigenvalue weighted by molar-refractivity contribution is -0.116. The molecule has 1 aromatic carbocycles. The maximum atomic E-state index is 12.6. The molecular formula is C20H20Cl2N4O2. The van der Waals surface area contributed by atoms with Crippen molar-refractivity contribution >= 4 is 46.4 Å². The third-order valence-electron chi connectivity index (χ3n) is 4.30. The zero-order chi connectivity index (χ0) is 20.3. The lowest BCUT2D eigenvalue weighted by Crippen LogP contribution is -2.27. The van der Waals surface area contributed by atoms with Crippen molar-refractivity contribution in [2.24, 2.45) is 0 Å². The second-order valence-corrected chi connectivity index (χ2v) is 7.31. The van der Waals surface area contributed by atoms with Crippen molar-refractivity contribution in [3.05, 3.63) is 63.5 Å². The van der Waals surface area contributed by atoms with E-state index in [9.17, 15) is 9.59 Å². The number of benzene rings is 1. The summed E-state index contributed by atoms with van der Waals surface area (Å²) < 4.78 is 1.79. The van der Waals surface area contributed by atoms with E-state index in [1.54, 1.807) is 22.6 Å². The first-order chi connectivity index (χ1) is 13.4. The monoisotopic (exact) mass is 418 g/mol. The fraction of sp³-hybridized carbons (Fsp3) is 0.250. The topological polar surface area (TPSA) is 75.5 Å². The Morgan fingerprint density at radius 1 is 1.18 bits per heavy atom. The first kappa shape index (κ1) is 20.2. The van der Waals surface area contributed by atoms with Gasteiger partial charge in [-0.2, -0.15) is 0 Å². The summed E-state index contributed by atoms with van der Waals surface area (Å²) in [5, 5.41) is 6.49. The molecule has 2 aromatic heterocycles. The van der Waals surface area contributed by atoms with Crippen molar-refractivity contribution in [3.63, 3.8) is 0 Å². The highest BCUT2D eigenvalue weighted by molar-refractivity contribution is 6.35. The van der Waals surface area contributed by atoms with Gasteiger partial charge in [0.15, 0.2) is 0 Å². The molecule has 0 saturated carbocycles. The van der Waals surface area contributed by atoms with Crippen molar-refractivity contribution < 1.29 is 9.59 Å². The van der Waals surface area contributed by atoms with Gasteiger partial charge in [-0.25, -0.2) is 4.98 Å². The van der Waals surface area contributed by atoms with Gasteiger partial charge < -0.3 is 10.6 Å². The van der Waals surface area contributed by atoms with Gasteiger partial charge >= 0.3 is 0 Å². The maximum Gasteiger partial charge on any atom is 0.270 e. The van der Waals surface area contributed by atoms with E-state index in [0.29, 0.717) is 40.1 Å². The fourth-order valence-electron chi connectivity index (χ4n) is 2.93. The van der Waals surface area contributed by atoms with E-state index in [0.717, 1.165) is 11.2 Å². The van der Waals surface area contributed by atoms with E-state index in [4.69, 9.17) is 23.2 Å². The van der Waals surface area contributed by atoms with Gasteiger partial charge in [0.05, 0.1) is 16.4 Å². The average molecular weight is 419 g/mol. The second kappa shape index (κ2) is 8.63. The van der Waals surface area contributed by atoms with Gasteiger partial charge in [-0.05, 0) is 50.1 Å². The summed E-state index contributed by atoms with van der Waals surface area (Å²) in [6, 6.07) is 8.71. The molecule has 0 aliphatic rings. The zero-order valence-electron chi connectivity index (χ0n) is 15.6. The number of rotatable bonds is 6. The van der Waals surface area contributed by atoms with Gasteiger partial charge in [0, 0.05) is 24.2 Å². The number of nitrogens with zero attached hydrogens (tertiary/aromatic N) is 2. The summed E-state index contributed by atoms with van der Waals surface area (Å²) in [5.41, 5.74) is 3.41. The number of pyridine rings is 1. The number of aryl methyl sites for hydroxylation is 2. The number of imidazole rings is 1. The third-order valence-corrected chi connectivity index (χ3v) is 4.87. The SMILES string of the molecule is Cc1nc2c(C)cccn2c1C(=O)NCCCC(=O)Nc1cc(Cl)ccc1Cl. The minimum Gasteiger partial charge on any atom is -0.351 e. The summed E-state index contributed by atoms with van der Waals surface area (Å²) in [4.78, 5) is 29.1. The number of anilines is 1. The zero-order valence-corrected chi connectivity index (χ0v) is 17.1. The van der Waals surface area contributed by atoms with Crippen LogP contribution in [-0.4, -0.2) is 27.7 Å². The molecule has 0 saturated heterocycles.